The van der Waals surface area contributed by atoms with E-state index in [1.54, 1.807) is 11.6 Å². The number of carbonyl (C=O) groups excluding carboxylic acids is 1. The average molecular weight is 293 g/mol. The monoisotopic (exact) mass is 293 g/mol. The number of hydrogen-bond acceptors (Lipinski definition) is 4. The lowest BCUT2D eigenvalue weighted by atomic mass is 9.93. The minimum Gasteiger partial charge on any atom is -0.361 e. The average Bonchev–Trinajstić information content (AvgIpc) is 3.11. The molecule has 110 valence electrons. The van der Waals surface area contributed by atoms with E-state index in [0.717, 1.165) is 22.2 Å². The topological polar surface area (TPSA) is 75.6 Å². The minimum atomic E-state index is -0.271. The molecular formula is C16H15N5O. The fourth-order valence-corrected chi connectivity index (χ4v) is 3.15. The van der Waals surface area contributed by atoms with Gasteiger partial charge in [-0.05, 0) is 19.9 Å². The Kier molecular flexibility index (Phi) is 2.66. The zero-order valence-corrected chi connectivity index (χ0v) is 12.3. The molecule has 0 fully saturated rings. The van der Waals surface area contributed by atoms with Crippen molar-refractivity contribution in [2.75, 3.05) is 5.32 Å². The van der Waals surface area contributed by atoms with Crippen LogP contribution in [0.5, 0.6) is 0 Å². The number of Topliss-reactive ketones (excluding diaryl/α,β-unsaturated/α-hetero) is 1. The van der Waals surface area contributed by atoms with Gasteiger partial charge in [-0.1, -0.05) is 18.2 Å². The Morgan fingerprint density at radius 1 is 1.32 bits per heavy atom. The Bertz CT molecular complexity index is 917. The smallest absolute Gasteiger partial charge is 0.226 e. The summed E-state index contributed by atoms with van der Waals surface area (Å²) in [5.74, 6) is 0.680. The zero-order valence-electron chi connectivity index (χ0n) is 12.3. The number of allylic oxidation sites excluding steroid dienone is 2. The molecule has 6 nitrogen and oxygen atoms in total. The van der Waals surface area contributed by atoms with Gasteiger partial charge in [-0.25, -0.2) is 4.68 Å². The summed E-state index contributed by atoms with van der Waals surface area (Å²) in [6.45, 7) is 3.49. The maximum Gasteiger partial charge on any atom is 0.226 e. The maximum atomic E-state index is 12.2. The van der Waals surface area contributed by atoms with Crippen LogP contribution in [0.3, 0.4) is 0 Å². The van der Waals surface area contributed by atoms with Gasteiger partial charge in [0, 0.05) is 33.9 Å². The van der Waals surface area contributed by atoms with Crippen molar-refractivity contribution in [3.8, 4) is 0 Å². The highest BCUT2D eigenvalue weighted by Gasteiger charge is 2.32. The van der Waals surface area contributed by atoms with E-state index in [0.29, 0.717) is 11.5 Å². The molecule has 0 saturated carbocycles. The zero-order chi connectivity index (χ0) is 15.3. The standard InChI is InChI=1S/C16H15N5O/c1-9-14(10(2)22)15(21-16(20-9)18-8-19-21)12-7-17-13-6-4-3-5-11(12)13/h3-8,15,17H,1-2H3,(H,18,19,20). The van der Waals surface area contributed by atoms with Crippen LogP contribution in [-0.2, 0) is 4.79 Å². The summed E-state index contributed by atoms with van der Waals surface area (Å²) in [6, 6.07) is 7.78. The van der Waals surface area contributed by atoms with Gasteiger partial charge in [0.05, 0.1) is 0 Å². The third-order valence-corrected chi connectivity index (χ3v) is 4.09. The number of carbonyl (C=O) groups is 1. The second-order valence-electron chi connectivity index (χ2n) is 5.44. The molecule has 1 atom stereocenters. The van der Waals surface area contributed by atoms with E-state index in [1.165, 1.54) is 6.33 Å². The van der Waals surface area contributed by atoms with Gasteiger partial charge in [0.2, 0.25) is 5.95 Å². The minimum absolute atomic E-state index is 0.0291. The highest BCUT2D eigenvalue weighted by atomic mass is 16.1. The maximum absolute atomic E-state index is 12.2. The first-order valence-electron chi connectivity index (χ1n) is 7.11. The van der Waals surface area contributed by atoms with Crippen LogP contribution < -0.4 is 5.32 Å². The molecule has 0 spiro atoms. The van der Waals surface area contributed by atoms with Gasteiger partial charge in [0.25, 0.3) is 0 Å². The lowest BCUT2D eigenvalue weighted by Gasteiger charge is -2.27. The second-order valence-corrected chi connectivity index (χ2v) is 5.44. The third-order valence-electron chi connectivity index (χ3n) is 4.09. The normalized spacial score (nSPS) is 17.5. The molecule has 0 saturated heterocycles. The van der Waals surface area contributed by atoms with E-state index in [1.807, 2.05) is 37.4 Å². The molecule has 0 radical (unpaired) electrons. The van der Waals surface area contributed by atoms with E-state index >= 15 is 0 Å². The van der Waals surface area contributed by atoms with E-state index in [4.69, 9.17) is 0 Å². The molecule has 0 bridgehead atoms. The lowest BCUT2D eigenvalue weighted by Crippen LogP contribution is -2.27. The highest BCUT2D eigenvalue weighted by Crippen LogP contribution is 2.37. The summed E-state index contributed by atoms with van der Waals surface area (Å²) >= 11 is 0. The number of aromatic amines is 1. The van der Waals surface area contributed by atoms with Crippen LogP contribution in [0.4, 0.5) is 5.95 Å². The highest BCUT2D eigenvalue weighted by molar-refractivity contribution is 5.98. The molecule has 3 heterocycles. The summed E-state index contributed by atoms with van der Waals surface area (Å²) in [5, 5.41) is 8.55. The van der Waals surface area contributed by atoms with Crippen molar-refractivity contribution in [1.29, 1.82) is 0 Å². The molecule has 1 aliphatic rings. The Labute approximate surface area is 126 Å². The number of benzene rings is 1. The Morgan fingerprint density at radius 3 is 2.95 bits per heavy atom. The number of aromatic nitrogens is 4. The first kappa shape index (κ1) is 12.8. The molecule has 1 unspecified atom stereocenters. The summed E-state index contributed by atoms with van der Waals surface area (Å²) in [7, 11) is 0. The van der Waals surface area contributed by atoms with Crippen molar-refractivity contribution in [3.05, 3.63) is 53.6 Å². The SMILES string of the molecule is CC(=O)C1=C(C)Nc2ncnn2C1c1c[nH]c2ccccc12. The molecular weight excluding hydrogens is 278 g/mol. The fraction of sp³-hybridized carbons (Fsp3) is 0.188. The van der Waals surface area contributed by atoms with Gasteiger partial charge in [0.1, 0.15) is 12.4 Å². The van der Waals surface area contributed by atoms with Crippen molar-refractivity contribution in [1.82, 2.24) is 19.7 Å². The molecule has 3 aromatic rings. The molecule has 1 aromatic carbocycles. The third kappa shape index (κ3) is 1.70. The second kappa shape index (κ2) is 4.56. The molecule has 22 heavy (non-hydrogen) atoms. The Morgan fingerprint density at radius 2 is 2.14 bits per heavy atom. The molecule has 1 aliphatic heterocycles. The van der Waals surface area contributed by atoms with E-state index in [9.17, 15) is 4.79 Å². The summed E-state index contributed by atoms with van der Waals surface area (Å²) in [5.41, 5.74) is 3.60. The van der Waals surface area contributed by atoms with Gasteiger partial charge in [-0.2, -0.15) is 10.1 Å². The van der Waals surface area contributed by atoms with Gasteiger partial charge >= 0.3 is 0 Å². The van der Waals surface area contributed by atoms with Crippen molar-refractivity contribution >= 4 is 22.6 Å². The predicted octanol–water partition coefficient (Wildman–Crippen LogP) is 2.64. The van der Waals surface area contributed by atoms with Crippen molar-refractivity contribution in [3.63, 3.8) is 0 Å². The van der Waals surface area contributed by atoms with Crippen LogP contribution in [0.1, 0.15) is 25.5 Å². The number of para-hydroxylation sites is 1. The van der Waals surface area contributed by atoms with E-state index in [2.05, 4.69) is 20.4 Å². The van der Waals surface area contributed by atoms with Gasteiger partial charge < -0.3 is 10.3 Å². The number of nitrogens with zero attached hydrogens (tertiary/aromatic N) is 3. The first-order valence-corrected chi connectivity index (χ1v) is 7.11. The van der Waals surface area contributed by atoms with Crippen LogP contribution in [0.2, 0.25) is 0 Å². The van der Waals surface area contributed by atoms with Crippen LogP contribution in [-0.4, -0.2) is 25.5 Å². The summed E-state index contributed by atoms with van der Waals surface area (Å²) < 4.78 is 1.76. The van der Waals surface area contributed by atoms with Crippen LogP contribution >= 0.6 is 0 Å². The predicted molar refractivity (Wildman–Crippen MR) is 83.5 cm³/mol. The number of nitrogens with one attached hydrogen (secondary N) is 2. The number of ketones is 1. The molecule has 4 rings (SSSR count). The molecule has 0 aliphatic carbocycles. The number of anilines is 1. The van der Waals surface area contributed by atoms with E-state index in [-0.39, 0.29) is 11.8 Å². The summed E-state index contributed by atoms with van der Waals surface area (Å²) in [4.78, 5) is 19.7. The largest absolute Gasteiger partial charge is 0.361 e. The molecule has 2 N–H and O–H groups in total. The first-order chi connectivity index (χ1) is 10.7. The Hall–Kier alpha value is -2.89. The van der Waals surface area contributed by atoms with Gasteiger partial charge in [0.15, 0.2) is 5.78 Å². The fourth-order valence-electron chi connectivity index (χ4n) is 3.15. The van der Waals surface area contributed by atoms with Crippen LogP contribution in [0, 0.1) is 0 Å². The molecule has 6 heteroatoms. The van der Waals surface area contributed by atoms with Gasteiger partial charge in [-0.15, -0.1) is 0 Å². The van der Waals surface area contributed by atoms with Crippen molar-refractivity contribution in [2.24, 2.45) is 0 Å². The van der Waals surface area contributed by atoms with Crippen molar-refractivity contribution < 1.29 is 4.79 Å². The van der Waals surface area contributed by atoms with Crippen molar-refractivity contribution in [2.45, 2.75) is 19.9 Å². The van der Waals surface area contributed by atoms with Crippen LogP contribution in [0.25, 0.3) is 10.9 Å². The molecule has 2 aromatic heterocycles. The number of fused-ring (bicyclic) bond motifs is 2. The Balaban J connectivity index is 2.01. The van der Waals surface area contributed by atoms with E-state index < -0.39 is 0 Å². The molecule has 0 amide bonds. The number of H-pyrrole nitrogens is 1. The van der Waals surface area contributed by atoms with Crippen LogP contribution in [0.15, 0.2) is 48.1 Å². The number of hydrogen-bond donors (Lipinski definition) is 2. The quantitative estimate of drug-likeness (QED) is 0.761. The van der Waals surface area contributed by atoms with Gasteiger partial charge in [-0.3, -0.25) is 4.79 Å². The summed E-state index contributed by atoms with van der Waals surface area (Å²) in [6.07, 6.45) is 3.45. The lowest BCUT2D eigenvalue weighted by molar-refractivity contribution is -0.114. The number of rotatable bonds is 2.